The van der Waals surface area contributed by atoms with Gasteiger partial charge in [0.15, 0.2) is 0 Å². The molecule has 0 rings (SSSR count). The summed E-state index contributed by atoms with van der Waals surface area (Å²) in [5, 5.41) is 0. The van der Waals surface area contributed by atoms with Crippen molar-refractivity contribution in [1.82, 2.24) is 4.90 Å². The van der Waals surface area contributed by atoms with Crippen LogP contribution in [0.3, 0.4) is 0 Å². The first-order chi connectivity index (χ1) is 5.57. The standard InChI is InChI=1S/C10H24N2/c1-5-10(11)7-6-8-12(4)9(2)3/h9-10H,5-8,11H2,1-4H3. The molecule has 0 aliphatic carbocycles. The third-order valence-electron chi connectivity index (χ3n) is 2.49. The maximum absolute atomic E-state index is 5.82. The van der Waals surface area contributed by atoms with E-state index in [2.05, 4.69) is 32.7 Å². The lowest BCUT2D eigenvalue weighted by Crippen LogP contribution is -2.28. The van der Waals surface area contributed by atoms with E-state index < -0.39 is 0 Å². The van der Waals surface area contributed by atoms with Crippen molar-refractivity contribution in [3.05, 3.63) is 0 Å². The summed E-state index contributed by atoms with van der Waals surface area (Å²) >= 11 is 0. The van der Waals surface area contributed by atoms with Gasteiger partial charge in [-0.25, -0.2) is 0 Å². The first kappa shape index (κ1) is 11.9. The van der Waals surface area contributed by atoms with Crippen LogP contribution in [0.15, 0.2) is 0 Å². The first-order valence-corrected chi connectivity index (χ1v) is 5.03. The van der Waals surface area contributed by atoms with Crippen molar-refractivity contribution >= 4 is 0 Å². The minimum absolute atomic E-state index is 0.408. The van der Waals surface area contributed by atoms with Crippen LogP contribution < -0.4 is 5.73 Å². The fraction of sp³-hybridized carbons (Fsp3) is 1.00. The van der Waals surface area contributed by atoms with Crippen LogP contribution in [0.2, 0.25) is 0 Å². The van der Waals surface area contributed by atoms with Crippen molar-refractivity contribution in [2.75, 3.05) is 13.6 Å². The second-order valence-corrected chi connectivity index (χ2v) is 3.88. The van der Waals surface area contributed by atoms with Crippen LogP contribution in [0, 0.1) is 0 Å². The highest BCUT2D eigenvalue weighted by Crippen LogP contribution is 2.01. The molecule has 2 heteroatoms. The highest BCUT2D eigenvalue weighted by molar-refractivity contribution is 4.62. The Balaban J connectivity index is 3.30. The second kappa shape index (κ2) is 6.44. The van der Waals surface area contributed by atoms with Gasteiger partial charge in [0.25, 0.3) is 0 Å². The van der Waals surface area contributed by atoms with Crippen molar-refractivity contribution < 1.29 is 0 Å². The van der Waals surface area contributed by atoms with E-state index in [1.807, 2.05) is 0 Å². The minimum Gasteiger partial charge on any atom is -0.328 e. The van der Waals surface area contributed by atoms with Crippen LogP contribution in [0.4, 0.5) is 0 Å². The van der Waals surface area contributed by atoms with E-state index in [-0.39, 0.29) is 0 Å². The molecule has 0 aromatic carbocycles. The number of hydrogen-bond donors (Lipinski definition) is 1. The average Bonchev–Trinajstić information content (AvgIpc) is 2.03. The van der Waals surface area contributed by atoms with E-state index in [4.69, 9.17) is 5.73 Å². The van der Waals surface area contributed by atoms with Crippen LogP contribution in [0.5, 0.6) is 0 Å². The number of nitrogens with zero attached hydrogens (tertiary/aromatic N) is 1. The summed E-state index contributed by atoms with van der Waals surface area (Å²) in [6.07, 6.45) is 3.49. The molecule has 0 saturated carbocycles. The van der Waals surface area contributed by atoms with Gasteiger partial charge in [0, 0.05) is 12.1 Å². The van der Waals surface area contributed by atoms with Crippen molar-refractivity contribution in [2.24, 2.45) is 5.73 Å². The van der Waals surface area contributed by atoms with Gasteiger partial charge in [-0.2, -0.15) is 0 Å². The van der Waals surface area contributed by atoms with Crippen LogP contribution in [-0.2, 0) is 0 Å². The molecule has 0 amide bonds. The molecule has 0 saturated heterocycles. The SMILES string of the molecule is CCC(N)CCCN(C)C(C)C. The summed E-state index contributed by atoms with van der Waals surface area (Å²) in [4.78, 5) is 2.36. The Bertz CT molecular complexity index is 102. The van der Waals surface area contributed by atoms with Gasteiger partial charge in [-0.15, -0.1) is 0 Å². The topological polar surface area (TPSA) is 29.3 Å². The molecule has 2 N–H and O–H groups in total. The molecule has 2 nitrogen and oxygen atoms in total. The molecule has 0 radical (unpaired) electrons. The van der Waals surface area contributed by atoms with Gasteiger partial charge >= 0.3 is 0 Å². The fourth-order valence-corrected chi connectivity index (χ4v) is 1.07. The van der Waals surface area contributed by atoms with Crippen molar-refractivity contribution in [3.63, 3.8) is 0 Å². The Hall–Kier alpha value is -0.0800. The van der Waals surface area contributed by atoms with Gasteiger partial charge in [0.1, 0.15) is 0 Å². The maximum Gasteiger partial charge on any atom is 0.00366 e. The van der Waals surface area contributed by atoms with Crippen molar-refractivity contribution in [1.29, 1.82) is 0 Å². The van der Waals surface area contributed by atoms with E-state index >= 15 is 0 Å². The monoisotopic (exact) mass is 172 g/mol. The zero-order valence-corrected chi connectivity index (χ0v) is 9.01. The zero-order valence-electron chi connectivity index (χ0n) is 9.01. The molecule has 0 aromatic rings. The molecule has 0 heterocycles. The molecule has 0 spiro atoms. The van der Waals surface area contributed by atoms with Gasteiger partial charge in [-0.05, 0) is 46.7 Å². The molecule has 0 bridgehead atoms. The van der Waals surface area contributed by atoms with Crippen LogP contribution in [0.1, 0.15) is 40.0 Å². The average molecular weight is 172 g/mol. The number of rotatable bonds is 6. The molecule has 12 heavy (non-hydrogen) atoms. The van der Waals surface area contributed by atoms with Gasteiger partial charge in [-0.3, -0.25) is 0 Å². The Kier molecular flexibility index (Phi) is 6.39. The predicted molar refractivity (Wildman–Crippen MR) is 55.3 cm³/mol. The Morgan fingerprint density at radius 1 is 1.33 bits per heavy atom. The summed E-state index contributed by atoms with van der Waals surface area (Å²) < 4.78 is 0. The summed E-state index contributed by atoms with van der Waals surface area (Å²) in [5.74, 6) is 0. The summed E-state index contributed by atoms with van der Waals surface area (Å²) in [7, 11) is 2.17. The third-order valence-corrected chi connectivity index (χ3v) is 2.49. The summed E-state index contributed by atoms with van der Waals surface area (Å²) in [5.41, 5.74) is 5.82. The lowest BCUT2D eigenvalue weighted by molar-refractivity contribution is 0.265. The van der Waals surface area contributed by atoms with Crippen molar-refractivity contribution in [2.45, 2.75) is 52.1 Å². The van der Waals surface area contributed by atoms with E-state index in [9.17, 15) is 0 Å². The summed E-state index contributed by atoms with van der Waals surface area (Å²) in [6.45, 7) is 7.77. The lowest BCUT2D eigenvalue weighted by atomic mass is 10.1. The molecular formula is C10H24N2. The Labute approximate surface area is 77.1 Å². The Morgan fingerprint density at radius 2 is 1.92 bits per heavy atom. The number of nitrogens with two attached hydrogens (primary N) is 1. The van der Waals surface area contributed by atoms with Crippen LogP contribution in [0.25, 0.3) is 0 Å². The molecule has 74 valence electrons. The van der Waals surface area contributed by atoms with Gasteiger partial charge in [0.2, 0.25) is 0 Å². The maximum atomic E-state index is 5.82. The highest BCUT2D eigenvalue weighted by Gasteiger charge is 2.03. The molecule has 0 fully saturated rings. The van der Waals surface area contributed by atoms with E-state index in [0.29, 0.717) is 12.1 Å². The zero-order chi connectivity index (χ0) is 9.56. The van der Waals surface area contributed by atoms with E-state index in [1.165, 1.54) is 13.0 Å². The third kappa shape index (κ3) is 5.56. The minimum atomic E-state index is 0.408. The normalized spacial score (nSPS) is 14.2. The lowest BCUT2D eigenvalue weighted by Gasteiger charge is -2.21. The predicted octanol–water partition coefficient (Wildman–Crippen LogP) is 1.84. The largest absolute Gasteiger partial charge is 0.328 e. The first-order valence-electron chi connectivity index (χ1n) is 5.03. The Morgan fingerprint density at radius 3 is 2.33 bits per heavy atom. The molecule has 1 atom stereocenters. The van der Waals surface area contributed by atoms with Gasteiger partial charge < -0.3 is 10.6 Å². The number of hydrogen-bond acceptors (Lipinski definition) is 2. The molecule has 0 aliphatic rings. The van der Waals surface area contributed by atoms with Crippen molar-refractivity contribution in [3.8, 4) is 0 Å². The van der Waals surface area contributed by atoms with Crippen LogP contribution >= 0.6 is 0 Å². The molecule has 0 aromatic heterocycles. The fourth-order valence-electron chi connectivity index (χ4n) is 1.07. The smallest absolute Gasteiger partial charge is 0.00366 e. The van der Waals surface area contributed by atoms with Gasteiger partial charge in [-0.1, -0.05) is 6.92 Å². The van der Waals surface area contributed by atoms with Gasteiger partial charge in [0.05, 0.1) is 0 Å². The quantitative estimate of drug-likeness (QED) is 0.662. The van der Waals surface area contributed by atoms with E-state index in [0.717, 1.165) is 12.8 Å². The second-order valence-electron chi connectivity index (χ2n) is 3.88. The van der Waals surface area contributed by atoms with E-state index in [1.54, 1.807) is 0 Å². The van der Waals surface area contributed by atoms with Crippen LogP contribution in [-0.4, -0.2) is 30.6 Å². The molecule has 0 aliphatic heterocycles. The molecular weight excluding hydrogens is 148 g/mol. The highest BCUT2D eigenvalue weighted by atomic mass is 15.1. The summed E-state index contributed by atoms with van der Waals surface area (Å²) in [6, 6.07) is 1.06. The molecule has 1 unspecified atom stereocenters.